The maximum atomic E-state index is 6.25. The Morgan fingerprint density at radius 2 is 1.43 bits per heavy atom. The van der Waals surface area contributed by atoms with E-state index in [0.29, 0.717) is 37.5 Å². The van der Waals surface area contributed by atoms with Crippen LogP contribution in [0.5, 0.6) is 0 Å². The normalized spacial score (nSPS) is 10.8. The van der Waals surface area contributed by atoms with Crippen molar-refractivity contribution < 1.29 is 4.52 Å². The van der Waals surface area contributed by atoms with Gasteiger partial charge in [0.2, 0.25) is 5.88 Å². The second kappa shape index (κ2) is 5.60. The molecule has 0 spiro atoms. The Morgan fingerprint density at radius 3 is 2.10 bits per heavy atom. The average Bonchev–Trinajstić information content (AvgIpc) is 2.81. The SMILES string of the molecule is Nc1onc(-c2ccccc2Cl)c1-c1c(Cl)cccc1Cl. The van der Waals surface area contributed by atoms with Crippen LogP contribution in [0.4, 0.5) is 5.88 Å². The van der Waals surface area contributed by atoms with Crippen LogP contribution in [0.2, 0.25) is 15.1 Å². The molecular weight excluding hydrogens is 331 g/mol. The lowest BCUT2D eigenvalue weighted by Crippen LogP contribution is -1.90. The number of benzene rings is 2. The molecule has 0 fully saturated rings. The van der Waals surface area contributed by atoms with Gasteiger partial charge < -0.3 is 10.3 Å². The second-order valence-electron chi connectivity index (χ2n) is 4.35. The second-order valence-corrected chi connectivity index (χ2v) is 5.57. The summed E-state index contributed by atoms with van der Waals surface area (Å²) in [6.45, 7) is 0. The van der Waals surface area contributed by atoms with Crippen molar-refractivity contribution >= 4 is 40.7 Å². The van der Waals surface area contributed by atoms with Crippen LogP contribution in [-0.4, -0.2) is 5.16 Å². The Balaban J connectivity index is 2.31. The molecule has 0 aliphatic rings. The van der Waals surface area contributed by atoms with Crippen LogP contribution in [-0.2, 0) is 0 Å². The van der Waals surface area contributed by atoms with Crippen molar-refractivity contribution in [2.75, 3.05) is 5.73 Å². The molecule has 0 amide bonds. The van der Waals surface area contributed by atoms with Gasteiger partial charge in [-0.15, -0.1) is 0 Å². The van der Waals surface area contributed by atoms with E-state index in [9.17, 15) is 0 Å². The van der Waals surface area contributed by atoms with Crippen molar-refractivity contribution in [1.29, 1.82) is 0 Å². The molecule has 0 radical (unpaired) electrons. The van der Waals surface area contributed by atoms with Gasteiger partial charge in [0.05, 0.1) is 20.6 Å². The molecule has 2 N–H and O–H groups in total. The molecule has 1 aromatic heterocycles. The number of nitrogen functional groups attached to an aromatic ring is 1. The van der Waals surface area contributed by atoms with Gasteiger partial charge in [-0.05, 0) is 18.2 Å². The summed E-state index contributed by atoms with van der Waals surface area (Å²) in [4.78, 5) is 0. The molecule has 2 aromatic carbocycles. The fraction of sp³-hybridized carbons (Fsp3) is 0. The molecule has 0 bridgehead atoms. The quantitative estimate of drug-likeness (QED) is 0.666. The Morgan fingerprint density at radius 1 is 0.810 bits per heavy atom. The number of nitrogens with zero attached hydrogens (tertiary/aromatic N) is 1. The first-order valence-corrected chi connectivity index (χ1v) is 7.17. The summed E-state index contributed by atoms with van der Waals surface area (Å²) in [5.41, 5.74) is 8.23. The highest BCUT2D eigenvalue weighted by atomic mass is 35.5. The van der Waals surface area contributed by atoms with E-state index in [4.69, 9.17) is 45.1 Å². The maximum Gasteiger partial charge on any atom is 0.230 e. The van der Waals surface area contributed by atoms with E-state index in [-0.39, 0.29) is 5.88 Å². The number of hydrogen-bond acceptors (Lipinski definition) is 3. The van der Waals surface area contributed by atoms with E-state index >= 15 is 0 Å². The van der Waals surface area contributed by atoms with E-state index in [1.807, 2.05) is 18.2 Å². The average molecular weight is 340 g/mol. The minimum Gasteiger partial charge on any atom is -0.367 e. The van der Waals surface area contributed by atoms with Crippen LogP contribution in [0.25, 0.3) is 22.4 Å². The molecule has 106 valence electrons. The zero-order chi connectivity index (χ0) is 15.0. The first-order valence-electron chi connectivity index (χ1n) is 6.04. The molecule has 0 unspecified atom stereocenters. The molecule has 0 saturated carbocycles. The van der Waals surface area contributed by atoms with Gasteiger partial charge >= 0.3 is 0 Å². The van der Waals surface area contributed by atoms with E-state index < -0.39 is 0 Å². The van der Waals surface area contributed by atoms with Gasteiger partial charge in [-0.2, -0.15) is 0 Å². The van der Waals surface area contributed by atoms with Gasteiger partial charge in [0.15, 0.2) is 0 Å². The Kier molecular flexibility index (Phi) is 3.81. The van der Waals surface area contributed by atoms with Gasteiger partial charge in [0.25, 0.3) is 0 Å². The zero-order valence-corrected chi connectivity index (χ0v) is 12.9. The lowest BCUT2D eigenvalue weighted by molar-refractivity contribution is 0.439. The molecule has 1 heterocycles. The number of hydrogen-bond donors (Lipinski definition) is 1. The lowest BCUT2D eigenvalue weighted by Gasteiger charge is -2.08. The topological polar surface area (TPSA) is 52.0 Å². The van der Waals surface area contributed by atoms with Crippen LogP contribution in [0.3, 0.4) is 0 Å². The smallest absolute Gasteiger partial charge is 0.230 e. The highest BCUT2D eigenvalue weighted by Crippen LogP contribution is 2.44. The van der Waals surface area contributed by atoms with Crippen LogP contribution in [0, 0.1) is 0 Å². The molecule has 6 heteroatoms. The third kappa shape index (κ3) is 2.48. The predicted octanol–water partition coefficient (Wildman–Crippen LogP) is 5.55. The summed E-state index contributed by atoms with van der Waals surface area (Å²) < 4.78 is 5.12. The molecule has 0 aliphatic carbocycles. The predicted molar refractivity (Wildman–Crippen MR) is 86.8 cm³/mol. The van der Waals surface area contributed by atoms with Crippen molar-refractivity contribution in [3.05, 3.63) is 57.5 Å². The molecule has 21 heavy (non-hydrogen) atoms. The van der Waals surface area contributed by atoms with Crippen molar-refractivity contribution in [2.45, 2.75) is 0 Å². The van der Waals surface area contributed by atoms with E-state index in [1.54, 1.807) is 24.3 Å². The van der Waals surface area contributed by atoms with Gasteiger partial charge in [-0.1, -0.05) is 64.2 Å². The summed E-state index contributed by atoms with van der Waals surface area (Å²) in [7, 11) is 0. The molecule has 3 rings (SSSR count). The maximum absolute atomic E-state index is 6.25. The van der Waals surface area contributed by atoms with Crippen LogP contribution >= 0.6 is 34.8 Å². The first kappa shape index (κ1) is 14.3. The van der Waals surface area contributed by atoms with Crippen LogP contribution in [0.1, 0.15) is 0 Å². The standard InChI is InChI=1S/C15H9Cl3N2O/c16-9-5-2-1-4-8(9)14-13(15(19)21-20-14)12-10(17)6-3-7-11(12)18/h1-7H,19H2. The number of aromatic nitrogens is 1. The van der Waals surface area contributed by atoms with Crippen molar-refractivity contribution in [3.63, 3.8) is 0 Å². The fourth-order valence-corrected chi connectivity index (χ4v) is 2.93. The summed E-state index contributed by atoms with van der Waals surface area (Å²) in [6, 6.07) is 12.5. The van der Waals surface area contributed by atoms with Gasteiger partial charge in [0.1, 0.15) is 5.69 Å². The summed E-state index contributed by atoms with van der Waals surface area (Å²) in [5, 5.41) is 5.47. The monoisotopic (exact) mass is 338 g/mol. The molecule has 0 saturated heterocycles. The molecular formula is C15H9Cl3N2O. The summed E-state index contributed by atoms with van der Waals surface area (Å²) in [5.74, 6) is 0.139. The Hall–Kier alpha value is -1.68. The van der Waals surface area contributed by atoms with E-state index in [0.717, 1.165) is 0 Å². The fourth-order valence-electron chi connectivity index (χ4n) is 2.12. The number of rotatable bonds is 2. The number of nitrogens with two attached hydrogens (primary N) is 1. The molecule has 3 aromatic rings. The number of anilines is 1. The summed E-state index contributed by atoms with van der Waals surface area (Å²) in [6.07, 6.45) is 0. The van der Waals surface area contributed by atoms with Gasteiger partial charge in [-0.3, -0.25) is 0 Å². The van der Waals surface area contributed by atoms with Crippen molar-refractivity contribution in [2.24, 2.45) is 0 Å². The third-order valence-corrected chi connectivity index (χ3v) is 4.02. The third-order valence-electron chi connectivity index (χ3n) is 3.06. The van der Waals surface area contributed by atoms with E-state index in [2.05, 4.69) is 5.16 Å². The molecule has 3 nitrogen and oxygen atoms in total. The highest BCUT2D eigenvalue weighted by Gasteiger charge is 2.23. The van der Waals surface area contributed by atoms with Crippen molar-refractivity contribution in [3.8, 4) is 22.4 Å². The Bertz CT molecular complexity index is 794. The van der Waals surface area contributed by atoms with Gasteiger partial charge in [-0.25, -0.2) is 0 Å². The van der Waals surface area contributed by atoms with Gasteiger partial charge in [0, 0.05) is 11.1 Å². The minimum absolute atomic E-state index is 0.139. The largest absolute Gasteiger partial charge is 0.367 e. The minimum atomic E-state index is 0.139. The first-order chi connectivity index (χ1) is 10.1. The number of halogens is 3. The molecule has 0 atom stereocenters. The zero-order valence-electron chi connectivity index (χ0n) is 10.6. The van der Waals surface area contributed by atoms with Crippen LogP contribution < -0.4 is 5.73 Å². The summed E-state index contributed by atoms with van der Waals surface area (Å²) >= 11 is 18.7. The lowest BCUT2D eigenvalue weighted by atomic mass is 10.0. The Labute approximate surface area is 136 Å². The molecule has 0 aliphatic heterocycles. The van der Waals surface area contributed by atoms with E-state index in [1.165, 1.54) is 0 Å². The highest BCUT2D eigenvalue weighted by molar-refractivity contribution is 6.40. The van der Waals surface area contributed by atoms with Crippen LogP contribution in [0.15, 0.2) is 47.0 Å². The van der Waals surface area contributed by atoms with Crippen molar-refractivity contribution in [1.82, 2.24) is 5.16 Å².